The highest BCUT2D eigenvalue weighted by molar-refractivity contribution is 5.78. The molecule has 2 saturated heterocycles. The van der Waals surface area contributed by atoms with Crippen molar-refractivity contribution in [3.8, 4) is 0 Å². The lowest BCUT2D eigenvalue weighted by Crippen LogP contribution is -2.39. The smallest absolute Gasteiger partial charge is 0.222 e. The summed E-state index contributed by atoms with van der Waals surface area (Å²) in [7, 11) is 0. The van der Waals surface area contributed by atoms with Gasteiger partial charge in [0.2, 0.25) is 5.91 Å². The molecule has 0 aromatic carbocycles. The first-order chi connectivity index (χ1) is 8.46. The van der Waals surface area contributed by atoms with Gasteiger partial charge in [0.25, 0.3) is 0 Å². The standard InChI is InChI=1S/C14H26N2O2/c1-14(2)10-12(17)5-7-15(11-14)8-9-16-6-3-4-13(16)18/h12,17H,3-11H2,1-2H3/t12-/m0/s1. The summed E-state index contributed by atoms with van der Waals surface area (Å²) < 4.78 is 0. The Morgan fingerprint density at radius 3 is 2.78 bits per heavy atom. The highest BCUT2D eigenvalue weighted by Gasteiger charge is 2.29. The summed E-state index contributed by atoms with van der Waals surface area (Å²) in [5.74, 6) is 0.309. The van der Waals surface area contributed by atoms with Gasteiger partial charge in [-0.1, -0.05) is 13.8 Å². The SMILES string of the molecule is CC1(C)C[C@@H](O)CCN(CCN2CCCC2=O)C1. The molecule has 2 aliphatic heterocycles. The molecular weight excluding hydrogens is 228 g/mol. The Kier molecular flexibility index (Phi) is 4.28. The van der Waals surface area contributed by atoms with Gasteiger partial charge in [-0.25, -0.2) is 0 Å². The summed E-state index contributed by atoms with van der Waals surface area (Å²) >= 11 is 0. The topological polar surface area (TPSA) is 43.8 Å². The van der Waals surface area contributed by atoms with E-state index in [2.05, 4.69) is 18.7 Å². The lowest BCUT2D eigenvalue weighted by Gasteiger charge is -2.30. The fourth-order valence-electron chi connectivity index (χ4n) is 3.21. The molecule has 0 aliphatic carbocycles. The summed E-state index contributed by atoms with van der Waals surface area (Å²) in [6.45, 7) is 9.13. The first-order valence-electron chi connectivity index (χ1n) is 7.14. The van der Waals surface area contributed by atoms with Gasteiger partial charge in [0.1, 0.15) is 0 Å². The van der Waals surface area contributed by atoms with Crippen molar-refractivity contribution in [3.63, 3.8) is 0 Å². The second-order valence-electron chi connectivity index (χ2n) is 6.57. The number of nitrogens with zero attached hydrogens (tertiary/aromatic N) is 2. The zero-order valence-corrected chi connectivity index (χ0v) is 11.7. The maximum absolute atomic E-state index is 11.6. The molecule has 1 N–H and O–H groups in total. The third kappa shape index (κ3) is 3.69. The van der Waals surface area contributed by atoms with Crippen LogP contribution in [0.5, 0.6) is 0 Å². The largest absolute Gasteiger partial charge is 0.393 e. The molecular formula is C14H26N2O2. The molecule has 0 saturated carbocycles. The summed E-state index contributed by atoms with van der Waals surface area (Å²) in [4.78, 5) is 15.9. The third-order valence-electron chi connectivity index (χ3n) is 4.08. The quantitative estimate of drug-likeness (QED) is 0.820. The van der Waals surface area contributed by atoms with Crippen molar-refractivity contribution in [2.75, 3.05) is 32.7 Å². The van der Waals surface area contributed by atoms with E-state index >= 15 is 0 Å². The van der Waals surface area contributed by atoms with E-state index in [1.54, 1.807) is 0 Å². The second-order valence-corrected chi connectivity index (χ2v) is 6.57. The molecule has 2 aliphatic rings. The van der Waals surface area contributed by atoms with Gasteiger partial charge in [-0.2, -0.15) is 0 Å². The fourth-order valence-corrected chi connectivity index (χ4v) is 3.21. The van der Waals surface area contributed by atoms with E-state index in [4.69, 9.17) is 0 Å². The number of hydrogen-bond acceptors (Lipinski definition) is 3. The number of carbonyl (C=O) groups is 1. The van der Waals surface area contributed by atoms with E-state index in [0.29, 0.717) is 5.91 Å². The van der Waals surface area contributed by atoms with Crippen molar-refractivity contribution in [2.24, 2.45) is 5.41 Å². The van der Waals surface area contributed by atoms with Crippen LogP contribution in [0.4, 0.5) is 0 Å². The van der Waals surface area contributed by atoms with Crippen LogP contribution >= 0.6 is 0 Å². The normalized spacial score (nSPS) is 29.6. The van der Waals surface area contributed by atoms with E-state index in [1.807, 2.05) is 4.90 Å². The molecule has 0 aromatic rings. The average molecular weight is 254 g/mol. The highest BCUT2D eigenvalue weighted by atomic mass is 16.3. The van der Waals surface area contributed by atoms with Crippen LogP contribution in [0.3, 0.4) is 0 Å². The minimum atomic E-state index is -0.168. The minimum Gasteiger partial charge on any atom is -0.393 e. The van der Waals surface area contributed by atoms with E-state index in [0.717, 1.165) is 58.4 Å². The summed E-state index contributed by atoms with van der Waals surface area (Å²) in [6.07, 6.45) is 3.31. The van der Waals surface area contributed by atoms with Crippen molar-refractivity contribution in [3.05, 3.63) is 0 Å². The molecule has 4 heteroatoms. The van der Waals surface area contributed by atoms with Gasteiger partial charge < -0.3 is 14.9 Å². The Hall–Kier alpha value is -0.610. The van der Waals surface area contributed by atoms with Crippen LogP contribution in [0.25, 0.3) is 0 Å². The maximum Gasteiger partial charge on any atom is 0.222 e. The zero-order valence-electron chi connectivity index (χ0n) is 11.7. The Labute approximate surface area is 110 Å². The molecule has 4 nitrogen and oxygen atoms in total. The Morgan fingerprint density at radius 1 is 1.33 bits per heavy atom. The molecule has 1 atom stereocenters. The van der Waals surface area contributed by atoms with Gasteiger partial charge in [0, 0.05) is 39.1 Å². The second kappa shape index (κ2) is 5.57. The summed E-state index contributed by atoms with van der Waals surface area (Å²) in [6, 6.07) is 0. The molecule has 1 amide bonds. The van der Waals surface area contributed by atoms with Crippen molar-refractivity contribution < 1.29 is 9.90 Å². The molecule has 0 unspecified atom stereocenters. The molecule has 2 heterocycles. The lowest BCUT2D eigenvalue weighted by molar-refractivity contribution is -0.127. The molecule has 18 heavy (non-hydrogen) atoms. The van der Waals surface area contributed by atoms with Gasteiger partial charge in [0.05, 0.1) is 6.10 Å². The van der Waals surface area contributed by atoms with E-state index < -0.39 is 0 Å². The van der Waals surface area contributed by atoms with Crippen LogP contribution in [0.2, 0.25) is 0 Å². The monoisotopic (exact) mass is 254 g/mol. The van der Waals surface area contributed by atoms with Gasteiger partial charge >= 0.3 is 0 Å². The number of likely N-dealkylation sites (tertiary alicyclic amines) is 2. The van der Waals surface area contributed by atoms with Crippen molar-refractivity contribution >= 4 is 5.91 Å². The van der Waals surface area contributed by atoms with Gasteiger partial charge in [-0.15, -0.1) is 0 Å². The van der Waals surface area contributed by atoms with Crippen LogP contribution in [0, 0.1) is 5.41 Å². The first kappa shape index (κ1) is 13.8. The third-order valence-corrected chi connectivity index (χ3v) is 4.08. The van der Waals surface area contributed by atoms with Gasteiger partial charge in [-0.05, 0) is 24.7 Å². The fraction of sp³-hybridized carbons (Fsp3) is 0.929. The Bertz CT molecular complexity index is 304. The molecule has 0 aromatic heterocycles. The van der Waals surface area contributed by atoms with Crippen LogP contribution in [0.15, 0.2) is 0 Å². The number of rotatable bonds is 3. The van der Waals surface area contributed by atoms with Gasteiger partial charge in [0.15, 0.2) is 0 Å². The molecule has 0 radical (unpaired) electrons. The Balaban J connectivity index is 1.83. The summed E-state index contributed by atoms with van der Waals surface area (Å²) in [5, 5.41) is 9.87. The maximum atomic E-state index is 11.6. The predicted octanol–water partition coefficient (Wildman–Crippen LogP) is 1.09. The first-order valence-corrected chi connectivity index (χ1v) is 7.14. The number of hydrogen-bond donors (Lipinski definition) is 1. The van der Waals surface area contributed by atoms with Crippen LogP contribution in [0.1, 0.15) is 39.5 Å². The van der Waals surface area contributed by atoms with Crippen LogP contribution in [-0.2, 0) is 4.79 Å². The number of amides is 1. The molecule has 2 fully saturated rings. The van der Waals surface area contributed by atoms with Crippen LogP contribution < -0.4 is 0 Å². The molecule has 2 rings (SSSR count). The average Bonchev–Trinajstić information content (AvgIpc) is 2.61. The van der Waals surface area contributed by atoms with E-state index in [1.165, 1.54) is 0 Å². The zero-order chi connectivity index (χ0) is 13.2. The number of aliphatic hydroxyl groups is 1. The lowest BCUT2D eigenvalue weighted by atomic mass is 9.87. The molecule has 104 valence electrons. The van der Waals surface area contributed by atoms with Crippen LogP contribution in [-0.4, -0.2) is 59.6 Å². The number of carbonyl (C=O) groups excluding carboxylic acids is 1. The van der Waals surface area contributed by atoms with E-state index in [-0.39, 0.29) is 11.5 Å². The molecule has 0 bridgehead atoms. The predicted molar refractivity (Wildman–Crippen MR) is 71.3 cm³/mol. The number of aliphatic hydroxyl groups excluding tert-OH is 1. The Morgan fingerprint density at radius 2 is 2.11 bits per heavy atom. The summed E-state index contributed by atoms with van der Waals surface area (Å²) in [5.41, 5.74) is 0.172. The molecule has 0 spiro atoms. The van der Waals surface area contributed by atoms with Crippen molar-refractivity contribution in [1.82, 2.24) is 9.80 Å². The minimum absolute atomic E-state index is 0.168. The van der Waals surface area contributed by atoms with Crippen molar-refractivity contribution in [1.29, 1.82) is 0 Å². The van der Waals surface area contributed by atoms with Crippen molar-refractivity contribution in [2.45, 2.75) is 45.6 Å². The van der Waals surface area contributed by atoms with E-state index in [9.17, 15) is 9.90 Å². The van der Waals surface area contributed by atoms with Gasteiger partial charge in [-0.3, -0.25) is 4.79 Å². The highest BCUT2D eigenvalue weighted by Crippen LogP contribution is 2.28.